The van der Waals surface area contributed by atoms with Crippen LogP contribution in [0.15, 0.2) is 177 Å². The van der Waals surface area contributed by atoms with Crippen LogP contribution in [0.3, 0.4) is 0 Å². The van der Waals surface area contributed by atoms with Crippen LogP contribution in [0.2, 0.25) is 0 Å². The van der Waals surface area contributed by atoms with E-state index in [1.54, 1.807) is 63.3 Å². The molecule has 0 amide bonds. The molecule has 9 nitrogen and oxygen atoms in total. The summed E-state index contributed by atoms with van der Waals surface area (Å²) in [5, 5.41) is 38.0. The third kappa shape index (κ3) is 26.0. The quantitative estimate of drug-likeness (QED) is 0.0810. The number of cyclic esters (lactones) is 2. The average molecular weight is 1030 g/mol. The van der Waals surface area contributed by atoms with Gasteiger partial charge in [-0.1, -0.05) is 110 Å². The number of aliphatic hydroxyl groups excluding tert-OH is 1. The van der Waals surface area contributed by atoms with Crippen LogP contribution >= 0.6 is 20.8 Å². The first kappa shape index (κ1) is 65.9. The summed E-state index contributed by atoms with van der Waals surface area (Å²) in [5.41, 5.74) is 1.31. The van der Waals surface area contributed by atoms with Crippen molar-refractivity contribution in [3.05, 3.63) is 194 Å². The second-order valence-corrected chi connectivity index (χ2v) is 24.0. The van der Waals surface area contributed by atoms with Gasteiger partial charge in [-0.05, 0) is 25.6 Å². The Balaban J connectivity index is -0.000000787. The number of para-hydroxylation sites is 3. The summed E-state index contributed by atoms with van der Waals surface area (Å²) in [5.74, 6) is 1.08. The van der Waals surface area contributed by atoms with E-state index < -0.39 is 17.1 Å². The summed E-state index contributed by atoms with van der Waals surface area (Å²) in [6, 6.07) is 53.4. The molecule has 0 spiro atoms. The molecule has 1 aliphatic heterocycles. The maximum atomic E-state index is 10.1. The van der Waals surface area contributed by atoms with E-state index in [9.17, 15) is 14.7 Å². The zero-order valence-corrected chi connectivity index (χ0v) is 44.0. The number of hydrogen-bond donors (Lipinski definition) is 3. The van der Waals surface area contributed by atoms with E-state index in [0.29, 0.717) is 31.7 Å². The third-order valence-corrected chi connectivity index (χ3v) is 16.6. The Morgan fingerprint density at radius 3 is 1.31 bits per heavy atom. The van der Waals surface area contributed by atoms with Crippen molar-refractivity contribution in [1.82, 2.24) is 0 Å². The molecule has 3 N–H and O–H groups in total. The number of rotatable bonds is 9. The molecule has 1 heterocycles. The van der Waals surface area contributed by atoms with E-state index in [-0.39, 0.29) is 84.7 Å². The Kier molecular flexibility index (Phi) is 37.5. The summed E-state index contributed by atoms with van der Waals surface area (Å²) in [4.78, 5) is 19.9. The van der Waals surface area contributed by atoms with Crippen LogP contribution in [-0.2, 0) is 9.47 Å². The van der Waals surface area contributed by atoms with Crippen molar-refractivity contribution in [3.63, 3.8) is 0 Å². The fourth-order valence-corrected chi connectivity index (χ4v) is 10.9. The van der Waals surface area contributed by atoms with E-state index in [1.807, 2.05) is 36.4 Å². The number of halogens is 1. The van der Waals surface area contributed by atoms with E-state index in [0.717, 1.165) is 24.6 Å². The maximum Gasteiger partial charge on any atom is 1.00 e. The van der Waals surface area contributed by atoms with E-state index in [2.05, 4.69) is 144 Å². The van der Waals surface area contributed by atoms with Gasteiger partial charge in [0.15, 0.2) is 6.29 Å². The van der Waals surface area contributed by atoms with E-state index in [1.165, 1.54) is 22.0 Å². The number of carbonyl (C=O) groups is 2. The van der Waals surface area contributed by atoms with Crippen LogP contribution in [-0.4, -0.2) is 98.7 Å². The normalized spacial score (nSPS) is 11.0. The Hall–Kier alpha value is -4.13. The second-order valence-electron chi connectivity index (χ2n) is 14.2. The Bertz CT molecular complexity index is 2110. The minimum absolute atomic E-state index is 0. The molecular formula is C52H65B4BrKO9P-. The Morgan fingerprint density at radius 2 is 1.04 bits per heavy atom. The molecule has 353 valence electrons. The molecule has 7 rings (SSSR count). The first-order valence-corrected chi connectivity index (χ1v) is 24.6. The van der Waals surface area contributed by atoms with Crippen molar-refractivity contribution in [2.45, 2.75) is 33.8 Å². The first-order valence-electron chi connectivity index (χ1n) is 20.5. The van der Waals surface area contributed by atoms with Crippen molar-refractivity contribution < 1.29 is 95.6 Å². The topological polar surface area (TPSA) is 146 Å². The number of aromatic hydroxyl groups is 2. The van der Waals surface area contributed by atoms with Gasteiger partial charge < -0.3 is 34.6 Å². The Labute approximate surface area is 462 Å². The average Bonchev–Trinajstić information content (AvgIpc) is 3.84. The molecule has 1 aliphatic rings. The molecule has 0 atom stereocenters. The van der Waals surface area contributed by atoms with Crippen molar-refractivity contribution in [1.29, 1.82) is 1.34 Å². The van der Waals surface area contributed by atoms with E-state index in [4.69, 9.17) is 29.1 Å². The molecule has 0 aromatic heterocycles. The SMILES string of the molecule is C.C=Cc1ccccc1O.C=Cc1ccccc1OCCO.CC(C)(C)[O-].CP(Br)(c1ccccc1)(c1ccccc1)c1ccccc1.O=C1OCCO1.O=Cc1ccccc1O.[3H][B][B].[B][BH3-].[K+]. The zero-order chi connectivity index (χ0) is 50.6. The third-order valence-electron chi connectivity index (χ3n) is 8.34. The van der Waals surface area contributed by atoms with Gasteiger partial charge in [0, 0.05) is 26.6 Å². The number of benzene rings is 6. The van der Waals surface area contributed by atoms with Gasteiger partial charge in [-0.2, -0.15) is 7.74 Å². The van der Waals surface area contributed by atoms with Gasteiger partial charge in [-0.3, -0.25) is 4.79 Å². The molecule has 68 heavy (non-hydrogen) atoms. The van der Waals surface area contributed by atoms with Crippen LogP contribution in [0.25, 0.3) is 12.2 Å². The number of phenolic OH excluding ortho intramolecular Hbond substituents is 2. The number of ether oxygens (including phenoxy) is 3. The molecule has 16 heteroatoms. The van der Waals surface area contributed by atoms with Gasteiger partial charge in [-0.15, -0.1) is 5.60 Å². The van der Waals surface area contributed by atoms with Gasteiger partial charge in [0.2, 0.25) is 0 Å². The van der Waals surface area contributed by atoms with E-state index >= 15 is 0 Å². The van der Waals surface area contributed by atoms with Crippen LogP contribution in [0.1, 0.15) is 49.7 Å². The number of aldehydes is 1. The monoisotopic (exact) mass is 1030 g/mol. The second kappa shape index (κ2) is 38.7. The molecule has 6 aromatic rings. The maximum absolute atomic E-state index is 10.1. The van der Waals surface area contributed by atoms with Gasteiger partial charge >= 0.3 is 192 Å². The molecular weight excluding hydrogens is 962 g/mol. The van der Waals surface area contributed by atoms with Crippen molar-refractivity contribution in [3.8, 4) is 17.2 Å². The molecule has 0 bridgehead atoms. The summed E-state index contributed by atoms with van der Waals surface area (Å²) in [6.07, 6.45) is 3.42. The molecule has 0 saturated carbocycles. The zero-order valence-electron chi connectivity index (χ0n) is 39.4. The molecule has 6 aromatic carbocycles. The van der Waals surface area contributed by atoms with Gasteiger partial charge in [0.25, 0.3) is 0 Å². The summed E-state index contributed by atoms with van der Waals surface area (Å²) in [6.45, 7) is 15.6. The van der Waals surface area contributed by atoms with Crippen LogP contribution < -0.4 is 77.1 Å². The predicted molar refractivity (Wildman–Crippen MR) is 293 cm³/mol. The van der Waals surface area contributed by atoms with Gasteiger partial charge in [-0.25, -0.2) is 4.79 Å². The largest absolute Gasteiger partial charge is 1.00 e. The first-order chi connectivity index (χ1) is 32.0. The van der Waals surface area contributed by atoms with Crippen molar-refractivity contribution >= 4 is 92.2 Å². The minimum Gasteiger partial charge on any atom is -0.507 e. The van der Waals surface area contributed by atoms with Crippen molar-refractivity contribution in [2.75, 3.05) is 33.1 Å². The van der Waals surface area contributed by atoms with Crippen LogP contribution in [0.4, 0.5) is 4.79 Å². The number of carbonyl (C=O) groups excluding carboxylic acids is 2. The molecule has 0 unspecified atom stereocenters. The number of phenols is 2. The molecule has 0 aliphatic carbocycles. The predicted octanol–water partition coefficient (Wildman–Crippen LogP) is 4.74. The van der Waals surface area contributed by atoms with Gasteiger partial charge in [0.1, 0.15) is 37.1 Å². The Morgan fingerprint density at radius 1 is 0.735 bits per heavy atom. The van der Waals surface area contributed by atoms with Crippen LogP contribution in [0.5, 0.6) is 17.2 Å². The fraction of sp³-hybridized carbons (Fsp3) is 0.192. The minimum atomic E-state index is -2.56. The fourth-order valence-electron chi connectivity index (χ4n) is 5.27. The number of hydrogen-bond acceptors (Lipinski definition) is 9. The molecule has 1 fully saturated rings. The molecule has 5 radical (unpaired) electrons. The summed E-state index contributed by atoms with van der Waals surface area (Å²) >= 11 is 4.24. The summed E-state index contributed by atoms with van der Waals surface area (Å²) < 4.78 is 19.7. The smallest absolute Gasteiger partial charge is 0.507 e. The molecule has 1 saturated heterocycles. The van der Waals surface area contributed by atoms with Crippen molar-refractivity contribution in [2.24, 2.45) is 0 Å². The number of aliphatic hydroxyl groups is 1. The standard InChI is InChI=1S/C19H18BrP.C10H12O2.C8H8O.C7H6O2.C4H9O.C3H4O3.CH4.B2H3.B2H.K/c1-21(20,17-11-5-2-6-12-17,18-13-7-3-8-14-18)19-15-9-4-10-16-19;1-2-9-5-3-4-6-10(9)12-8-7-11;1-2-7-5-3-4-6-8(7)9;8-5-6-3-1-2-4-7(6)9;1-4(2,3)5;4-3-5-1-2-6-3;;2*1-2;/h2-16H,1H3;2-6,11H,1,7-8H2;2-6,9H,1H2;1-5,9H;1-3H3;1-2H2;1H4;1H3;1H;/q;;;;-1;;;-1;;+1/i;;;;;;;;1T;. The van der Waals surface area contributed by atoms with Gasteiger partial charge in [0.05, 0.1) is 12.2 Å². The van der Waals surface area contributed by atoms with Crippen LogP contribution in [0, 0.1) is 0 Å². The summed E-state index contributed by atoms with van der Waals surface area (Å²) in [7, 11) is 10.1.